The van der Waals surface area contributed by atoms with E-state index >= 15 is 0 Å². The van der Waals surface area contributed by atoms with Gasteiger partial charge in [0.1, 0.15) is 6.61 Å². The van der Waals surface area contributed by atoms with E-state index in [4.69, 9.17) is 9.47 Å². The maximum atomic E-state index is 5.96. The van der Waals surface area contributed by atoms with E-state index in [0.717, 1.165) is 36.0 Å². The molecule has 0 aliphatic carbocycles. The molecule has 112 valence electrons. The minimum atomic E-state index is 0.243. The summed E-state index contributed by atoms with van der Waals surface area (Å²) in [7, 11) is 1.65. The maximum absolute atomic E-state index is 5.96. The van der Waals surface area contributed by atoms with Crippen LogP contribution in [0.4, 0.5) is 5.13 Å². The summed E-state index contributed by atoms with van der Waals surface area (Å²) in [6.45, 7) is 2.92. The van der Waals surface area contributed by atoms with E-state index < -0.39 is 0 Å². The highest BCUT2D eigenvalue weighted by molar-refractivity contribution is 7.09. The Morgan fingerprint density at radius 3 is 3.00 bits per heavy atom. The summed E-state index contributed by atoms with van der Waals surface area (Å²) in [5, 5.41) is 0.956. The molecule has 3 heterocycles. The van der Waals surface area contributed by atoms with Crippen molar-refractivity contribution >= 4 is 16.7 Å². The zero-order chi connectivity index (χ0) is 14.5. The van der Waals surface area contributed by atoms with Gasteiger partial charge in [0.05, 0.1) is 12.7 Å². The topological polar surface area (TPSA) is 60.4 Å². The molecule has 0 N–H and O–H groups in total. The van der Waals surface area contributed by atoms with E-state index in [2.05, 4.69) is 19.2 Å². The molecule has 0 spiro atoms. The van der Waals surface area contributed by atoms with Crippen molar-refractivity contribution in [3.63, 3.8) is 0 Å². The average molecular weight is 306 g/mol. The van der Waals surface area contributed by atoms with Crippen LogP contribution in [0.1, 0.15) is 17.8 Å². The van der Waals surface area contributed by atoms with Crippen molar-refractivity contribution in [2.75, 3.05) is 25.1 Å². The van der Waals surface area contributed by atoms with Crippen LogP contribution in [0.2, 0.25) is 0 Å². The lowest BCUT2D eigenvalue weighted by Gasteiger charge is -2.14. The first-order chi connectivity index (χ1) is 10.3. The molecule has 1 fully saturated rings. The monoisotopic (exact) mass is 306 g/mol. The Labute approximate surface area is 127 Å². The van der Waals surface area contributed by atoms with Crippen molar-refractivity contribution in [3.05, 3.63) is 35.9 Å². The molecule has 0 aromatic carbocycles. The zero-order valence-corrected chi connectivity index (χ0v) is 12.8. The highest BCUT2D eigenvalue weighted by atomic mass is 32.1. The van der Waals surface area contributed by atoms with E-state index in [1.54, 1.807) is 19.5 Å². The summed E-state index contributed by atoms with van der Waals surface area (Å²) in [4.78, 5) is 10.7. The van der Waals surface area contributed by atoms with Gasteiger partial charge in [0, 0.05) is 44.1 Å². The van der Waals surface area contributed by atoms with Crippen molar-refractivity contribution in [1.29, 1.82) is 0 Å². The molecule has 0 radical (unpaired) electrons. The molecule has 0 saturated carbocycles. The van der Waals surface area contributed by atoms with Gasteiger partial charge in [-0.15, -0.1) is 0 Å². The Hall–Kier alpha value is -1.57. The van der Waals surface area contributed by atoms with Crippen molar-refractivity contribution < 1.29 is 9.47 Å². The Balaban J connectivity index is 1.50. The van der Waals surface area contributed by atoms with Gasteiger partial charge in [-0.3, -0.25) is 4.98 Å². The minimum Gasteiger partial charge on any atom is -0.377 e. The highest BCUT2D eigenvalue weighted by Crippen LogP contribution is 2.24. The first kappa shape index (κ1) is 14.4. The molecule has 0 amide bonds. The fraction of sp³-hybridized carbons (Fsp3) is 0.500. The zero-order valence-electron chi connectivity index (χ0n) is 11.9. The second-order valence-corrected chi connectivity index (χ2v) is 5.68. The normalized spacial score (nSPS) is 18.3. The summed E-state index contributed by atoms with van der Waals surface area (Å²) < 4.78 is 15.3. The van der Waals surface area contributed by atoms with Crippen molar-refractivity contribution in [2.45, 2.75) is 25.7 Å². The number of pyridine rings is 1. The van der Waals surface area contributed by atoms with Gasteiger partial charge in [-0.1, -0.05) is 0 Å². The molecule has 7 heteroatoms. The van der Waals surface area contributed by atoms with Gasteiger partial charge in [-0.25, -0.2) is 4.98 Å². The highest BCUT2D eigenvalue weighted by Gasteiger charge is 2.25. The van der Waals surface area contributed by atoms with Gasteiger partial charge < -0.3 is 14.4 Å². The number of rotatable bonds is 6. The maximum Gasteiger partial charge on any atom is 0.205 e. The van der Waals surface area contributed by atoms with Crippen molar-refractivity contribution in [1.82, 2.24) is 14.3 Å². The molecule has 1 aliphatic rings. The predicted octanol–water partition coefficient (Wildman–Crippen LogP) is 1.88. The van der Waals surface area contributed by atoms with Crippen LogP contribution in [0.25, 0.3) is 0 Å². The lowest BCUT2D eigenvalue weighted by molar-refractivity contribution is 0.0553. The van der Waals surface area contributed by atoms with Gasteiger partial charge in [0.15, 0.2) is 5.82 Å². The van der Waals surface area contributed by atoms with Crippen LogP contribution in [0.5, 0.6) is 0 Å². The lowest BCUT2D eigenvalue weighted by atomic mass is 10.3. The molecule has 3 rings (SSSR count). The Morgan fingerprint density at radius 1 is 1.33 bits per heavy atom. The second-order valence-electron chi connectivity index (χ2n) is 4.95. The van der Waals surface area contributed by atoms with E-state index in [0.29, 0.717) is 13.2 Å². The van der Waals surface area contributed by atoms with Crippen LogP contribution in [0, 0.1) is 0 Å². The Kier molecular flexibility index (Phi) is 4.74. The SMILES string of the molecule is COCc1nsc(N2CCC(OCc3ccncc3)C2)n1. The largest absolute Gasteiger partial charge is 0.377 e. The minimum absolute atomic E-state index is 0.243. The van der Waals surface area contributed by atoms with Crippen LogP contribution in [-0.4, -0.2) is 40.6 Å². The predicted molar refractivity (Wildman–Crippen MR) is 80.3 cm³/mol. The fourth-order valence-electron chi connectivity index (χ4n) is 2.29. The smallest absolute Gasteiger partial charge is 0.205 e. The van der Waals surface area contributed by atoms with Crippen LogP contribution in [0.3, 0.4) is 0 Å². The van der Waals surface area contributed by atoms with Crippen LogP contribution < -0.4 is 4.90 Å². The molecular weight excluding hydrogens is 288 g/mol. The number of hydrogen-bond acceptors (Lipinski definition) is 7. The van der Waals surface area contributed by atoms with Gasteiger partial charge in [-0.05, 0) is 24.1 Å². The standard InChI is InChI=1S/C14H18N4O2S/c1-19-10-13-16-14(21-17-13)18-7-4-12(8-18)20-9-11-2-5-15-6-3-11/h2-3,5-6,12H,4,7-10H2,1H3. The third-order valence-corrected chi connectivity index (χ3v) is 4.20. The molecule has 2 aromatic rings. The molecule has 1 unspecified atom stereocenters. The first-order valence-corrected chi connectivity index (χ1v) is 7.69. The molecule has 6 nitrogen and oxygen atoms in total. The molecule has 0 bridgehead atoms. The number of methoxy groups -OCH3 is 1. The van der Waals surface area contributed by atoms with E-state index in [1.165, 1.54) is 11.5 Å². The third kappa shape index (κ3) is 3.75. The van der Waals surface area contributed by atoms with Gasteiger partial charge in [0.25, 0.3) is 0 Å². The van der Waals surface area contributed by atoms with Gasteiger partial charge in [-0.2, -0.15) is 4.37 Å². The van der Waals surface area contributed by atoms with Crippen LogP contribution >= 0.6 is 11.5 Å². The van der Waals surface area contributed by atoms with Gasteiger partial charge >= 0.3 is 0 Å². The summed E-state index contributed by atoms with van der Waals surface area (Å²) in [5.41, 5.74) is 1.15. The summed E-state index contributed by atoms with van der Waals surface area (Å²) in [6, 6.07) is 3.96. The molecule has 21 heavy (non-hydrogen) atoms. The molecular formula is C14H18N4O2S. The third-order valence-electron chi connectivity index (χ3n) is 3.38. The van der Waals surface area contributed by atoms with Crippen LogP contribution in [-0.2, 0) is 22.7 Å². The van der Waals surface area contributed by atoms with Crippen LogP contribution in [0.15, 0.2) is 24.5 Å². The van der Waals surface area contributed by atoms with E-state index in [1.807, 2.05) is 12.1 Å². The van der Waals surface area contributed by atoms with Gasteiger partial charge in [0.2, 0.25) is 5.13 Å². The molecule has 1 atom stereocenters. The molecule has 2 aromatic heterocycles. The molecule has 1 aliphatic heterocycles. The number of aromatic nitrogens is 3. The summed E-state index contributed by atoms with van der Waals surface area (Å²) in [6.07, 6.45) is 4.84. The average Bonchev–Trinajstić information content (AvgIpc) is 3.15. The quantitative estimate of drug-likeness (QED) is 0.812. The lowest BCUT2D eigenvalue weighted by Crippen LogP contribution is -2.22. The van der Waals surface area contributed by atoms with Crippen molar-refractivity contribution in [2.24, 2.45) is 0 Å². The summed E-state index contributed by atoms with van der Waals surface area (Å²) in [5.74, 6) is 0.749. The number of nitrogens with zero attached hydrogens (tertiary/aromatic N) is 4. The first-order valence-electron chi connectivity index (χ1n) is 6.92. The number of hydrogen-bond donors (Lipinski definition) is 0. The molecule has 1 saturated heterocycles. The van der Waals surface area contributed by atoms with E-state index in [-0.39, 0.29) is 6.10 Å². The fourth-order valence-corrected chi connectivity index (χ4v) is 3.00. The second kappa shape index (κ2) is 6.93. The Morgan fingerprint density at radius 2 is 2.19 bits per heavy atom. The number of anilines is 1. The summed E-state index contributed by atoms with van der Waals surface area (Å²) >= 11 is 1.42. The number of ether oxygens (including phenoxy) is 2. The van der Waals surface area contributed by atoms with Crippen molar-refractivity contribution in [3.8, 4) is 0 Å². The Bertz CT molecular complexity index is 563. The van der Waals surface area contributed by atoms with E-state index in [9.17, 15) is 0 Å².